The quantitative estimate of drug-likeness (QED) is 0.817. The first-order valence-corrected chi connectivity index (χ1v) is 8.57. The fourth-order valence-corrected chi connectivity index (χ4v) is 2.96. The largest absolute Gasteiger partial charge is 0.354 e. The van der Waals surface area contributed by atoms with Gasteiger partial charge in [0.15, 0.2) is 0 Å². The van der Waals surface area contributed by atoms with Crippen LogP contribution in [-0.4, -0.2) is 32.7 Å². The van der Waals surface area contributed by atoms with Crippen LogP contribution >= 0.6 is 11.6 Å². The Bertz CT molecular complexity index is 740. The van der Waals surface area contributed by atoms with Gasteiger partial charge in [-0.25, -0.2) is 0 Å². The third-order valence-corrected chi connectivity index (χ3v) is 4.34. The van der Waals surface area contributed by atoms with Crippen molar-refractivity contribution in [3.8, 4) is 11.4 Å². The number of carbonyl (C=O) groups excluding carboxylic acids is 1. The highest BCUT2D eigenvalue weighted by atomic mass is 35.5. The number of carbonyl (C=O) groups is 1. The van der Waals surface area contributed by atoms with E-state index in [4.69, 9.17) is 11.6 Å². The fraction of sp³-hybridized carbons (Fsp3) is 0.412. The number of allylic oxidation sites excluding steroid dienone is 1. The minimum atomic E-state index is -0.116. The van der Waals surface area contributed by atoms with Crippen molar-refractivity contribution < 1.29 is 4.79 Å². The van der Waals surface area contributed by atoms with Gasteiger partial charge in [0.05, 0.1) is 5.02 Å². The molecule has 1 aromatic carbocycles. The number of amides is 1. The summed E-state index contributed by atoms with van der Waals surface area (Å²) in [5, 5.41) is 15.6. The van der Waals surface area contributed by atoms with Crippen LogP contribution in [0.15, 0.2) is 35.9 Å². The van der Waals surface area contributed by atoms with E-state index in [1.54, 1.807) is 6.07 Å². The first kappa shape index (κ1) is 16.6. The molecule has 7 heteroatoms. The van der Waals surface area contributed by atoms with Crippen molar-refractivity contribution in [2.45, 2.75) is 38.6 Å². The second-order valence-electron chi connectivity index (χ2n) is 5.83. The van der Waals surface area contributed by atoms with Gasteiger partial charge in [-0.1, -0.05) is 35.4 Å². The average molecular weight is 346 g/mol. The number of nitrogens with one attached hydrogen (secondary N) is 1. The number of hydrogen-bond acceptors (Lipinski definition) is 4. The van der Waals surface area contributed by atoms with Gasteiger partial charge in [0, 0.05) is 12.1 Å². The van der Waals surface area contributed by atoms with Crippen LogP contribution in [-0.2, 0) is 11.3 Å². The highest BCUT2D eigenvalue weighted by molar-refractivity contribution is 6.33. The zero-order chi connectivity index (χ0) is 16.8. The molecule has 1 aliphatic carbocycles. The lowest BCUT2D eigenvalue weighted by Gasteiger charge is -2.12. The van der Waals surface area contributed by atoms with Gasteiger partial charge >= 0.3 is 0 Å². The van der Waals surface area contributed by atoms with E-state index in [1.807, 2.05) is 18.2 Å². The Hall–Kier alpha value is -2.21. The Morgan fingerprint density at radius 2 is 2.17 bits per heavy atom. The Balaban J connectivity index is 1.50. The summed E-state index contributed by atoms with van der Waals surface area (Å²) in [6.07, 6.45) is 8.07. The maximum Gasteiger partial charge on any atom is 0.243 e. The molecule has 3 rings (SSSR count). The van der Waals surface area contributed by atoms with E-state index < -0.39 is 0 Å². The summed E-state index contributed by atoms with van der Waals surface area (Å²) in [5.41, 5.74) is 2.15. The molecule has 0 saturated heterocycles. The Kier molecular flexibility index (Phi) is 5.59. The van der Waals surface area contributed by atoms with Crippen LogP contribution in [0, 0.1) is 0 Å². The Morgan fingerprint density at radius 3 is 2.96 bits per heavy atom. The van der Waals surface area contributed by atoms with Crippen molar-refractivity contribution in [1.29, 1.82) is 0 Å². The molecule has 0 saturated carbocycles. The first-order chi connectivity index (χ1) is 11.7. The van der Waals surface area contributed by atoms with Gasteiger partial charge in [-0.05, 0) is 49.5 Å². The van der Waals surface area contributed by atoms with E-state index in [2.05, 4.69) is 26.8 Å². The molecule has 1 N–H and O–H groups in total. The van der Waals surface area contributed by atoms with Crippen LogP contribution in [0.25, 0.3) is 11.4 Å². The maximum absolute atomic E-state index is 12.0. The van der Waals surface area contributed by atoms with Gasteiger partial charge in [0.1, 0.15) is 6.54 Å². The van der Waals surface area contributed by atoms with Crippen LogP contribution in [0.2, 0.25) is 5.02 Å². The lowest BCUT2D eigenvalue weighted by atomic mass is 9.97. The monoisotopic (exact) mass is 345 g/mol. The van der Waals surface area contributed by atoms with Crippen molar-refractivity contribution in [1.82, 2.24) is 25.5 Å². The summed E-state index contributed by atoms with van der Waals surface area (Å²) < 4.78 is 0. The van der Waals surface area contributed by atoms with Gasteiger partial charge in [-0.3, -0.25) is 4.79 Å². The van der Waals surface area contributed by atoms with E-state index in [0.29, 0.717) is 23.0 Å². The molecule has 24 heavy (non-hydrogen) atoms. The van der Waals surface area contributed by atoms with Crippen molar-refractivity contribution >= 4 is 17.5 Å². The highest BCUT2D eigenvalue weighted by Crippen LogP contribution is 2.23. The SMILES string of the molecule is O=C(Cn1nnc(-c2ccccc2Cl)n1)NCCC1=CCCCC1. The van der Waals surface area contributed by atoms with E-state index in [0.717, 1.165) is 19.3 Å². The van der Waals surface area contributed by atoms with E-state index >= 15 is 0 Å². The number of benzene rings is 1. The van der Waals surface area contributed by atoms with Gasteiger partial charge in [-0.2, -0.15) is 4.80 Å². The molecule has 1 aromatic heterocycles. The summed E-state index contributed by atoms with van der Waals surface area (Å²) in [6, 6.07) is 7.28. The Labute approximate surface area is 145 Å². The Morgan fingerprint density at radius 1 is 1.29 bits per heavy atom. The summed E-state index contributed by atoms with van der Waals surface area (Å²) in [4.78, 5) is 13.3. The normalized spacial score (nSPS) is 14.3. The summed E-state index contributed by atoms with van der Waals surface area (Å²) in [6.45, 7) is 0.702. The second-order valence-corrected chi connectivity index (χ2v) is 6.24. The third-order valence-electron chi connectivity index (χ3n) is 4.01. The van der Waals surface area contributed by atoms with Crippen LogP contribution in [0.5, 0.6) is 0 Å². The number of aromatic nitrogens is 4. The number of hydrogen-bond donors (Lipinski definition) is 1. The molecule has 0 fully saturated rings. The number of nitrogens with zero attached hydrogens (tertiary/aromatic N) is 4. The zero-order valence-corrected chi connectivity index (χ0v) is 14.2. The standard InChI is InChI=1S/C17H20ClN5O/c18-15-9-5-4-8-14(15)17-20-22-23(21-17)12-16(24)19-11-10-13-6-2-1-3-7-13/h4-6,8-9H,1-3,7,10-12H2,(H,19,24). The van der Waals surface area contributed by atoms with Gasteiger partial charge in [-0.15, -0.1) is 10.2 Å². The smallest absolute Gasteiger partial charge is 0.243 e. The molecule has 6 nitrogen and oxygen atoms in total. The maximum atomic E-state index is 12.0. The zero-order valence-electron chi connectivity index (χ0n) is 13.4. The van der Waals surface area contributed by atoms with Gasteiger partial charge in [0.25, 0.3) is 0 Å². The molecule has 1 aliphatic rings. The first-order valence-electron chi connectivity index (χ1n) is 8.20. The van der Waals surface area contributed by atoms with Crippen LogP contribution in [0.4, 0.5) is 0 Å². The third kappa shape index (κ3) is 4.41. The number of halogens is 1. The van der Waals surface area contributed by atoms with Gasteiger partial charge in [0.2, 0.25) is 11.7 Å². The molecule has 0 spiro atoms. The van der Waals surface area contributed by atoms with Crippen LogP contribution < -0.4 is 5.32 Å². The lowest BCUT2D eigenvalue weighted by molar-refractivity contribution is -0.122. The number of tetrazole rings is 1. The van der Waals surface area contributed by atoms with Crippen molar-refractivity contribution in [3.63, 3.8) is 0 Å². The molecule has 126 valence electrons. The lowest BCUT2D eigenvalue weighted by Crippen LogP contribution is -2.29. The van der Waals surface area contributed by atoms with Crippen molar-refractivity contribution in [2.75, 3.05) is 6.54 Å². The van der Waals surface area contributed by atoms with Crippen LogP contribution in [0.3, 0.4) is 0 Å². The average Bonchev–Trinajstić information content (AvgIpc) is 3.04. The summed E-state index contributed by atoms with van der Waals surface area (Å²) >= 11 is 6.11. The molecule has 1 amide bonds. The fourth-order valence-electron chi connectivity index (χ4n) is 2.74. The van der Waals surface area contributed by atoms with Crippen molar-refractivity contribution in [2.24, 2.45) is 0 Å². The molecule has 2 aromatic rings. The number of rotatable bonds is 6. The molecule has 0 atom stereocenters. The van der Waals surface area contributed by atoms with Crippen LogP contribution in [0.1, 0.15) is 32.1 Å². The molecule has 0 aliphatic heterocycles. The molecular formula is C17H20ClN5O. The molecular weight excluding hydrogens is 326 g/mol. The van der Waals surface area contributed by atoms with E-state index in [1.165, 1.54) is 23.2 Å². The van der Waals surface area contributed by atoms with E-state index in [9.17, 15) is 4.79 Å². The molecule has 0 unspecified atom stereocenters. The highest BCUT2D eigenvalue weighted by Gasteiger charge is 2.11. The minimum absolute atomic E-state index is 0.0521. The summed E-state index contributed by atoms with van der Waals surface area (Å²) in [5.74, 6) is 0.301. The minimum Gasteiger partial charge on any atom is -0.354 e. The van der Waals surface area contributed by atoms with Gasteiger partial charge < -0.3 is 5.32 Å². The topological polar surface area (TPSA) is 72.7 Å². The van der Waals surface area contributed by atoms with E-state index in [-0.39, 0.29) is 12.5 Å². The predicted octanol–water partition coefficient (Wildman–Crippen LogP) is 3.00. The predicted molar refractivity (Wildman–Crippen MR) is 92.4 cm³/mol. The summed E-state index contributed by atoms with van der Waals surface area (Å²) in [7, 11) is 0. The van der Waals surface area contributed by atoms with Crippen molar-refractivity contribution in [3.05, 3.63) is 40.9 Å². The molecule has 1 heterocycles. The molecule has 0 bridgehead atoms. The second kappa shape index (κ2) is 8.06. The molecule has 0 radical (unpaired) electrons.